The summed E-state index contributed by atoms with van der Waals surface area (Å²) in [6.45, 7) is 0. The Morgan fingerprint density at radius 1 is 1.50 bits per heavy atom. The smallest absolute Gasteiger partial charge is 0.226 e. The van der Waals surface area contributed by atoms with Crippen molar-refractivity contribution < 1.29 is 19.3 Å². The molecule has 20 heavy (non-hydrogen) atoms. The number of ether oxygens (including phenoxy) is 1. The molecule has 0 bridgehead atoms. The average Bonchev–Trinajstić information content (AvgIpc) is 2.74. The Balaban J connectivity index is 1.81. The summed E-state index contributed by atoms with van der Waals surface area (Å²) in [7, 11) is 0. The van der Waals surface area contributed by atoms with E-state index in [9.17, 15) is 14.6 Å². The van der Waals surface area contributed by atoms with Crippen LogP contribution in [0.5, 0.6) is 0 Å². The Labute approximate surface area is 115 Å². The second-order valence-corrected chi connectivity index (χ2v) is 5.22. The lowest BCUT2D eigenvalue weighted by molar-refractivity contribution is -0.0663. The second kappa shape index (κ2) is 3.55. The molecule has 4 N–H and O–H groups in total. The molecule has 1 unspecified atom stereocenters. The van der Waals surface area contributed by atoms with Gasteiger partial charge >= 0.3 is 0 Å². The van der Waals surface area contributed by atoms with Crippen LogP contribution in [0.3, 0.4) is 0 Å². The van der Waals surface area contributed by atoms with E-state index in [2.05, 4.69) is 15.1 Å². The minimum atomic E-state index is -1.88. The van der Waals surface area contributed by atoms with Gasteiger partial charge in [-0.15, -0.1) is 0 Å². The van der Waals surface area contributed by atoms with Crippen LogP contribution in [0.2, 0.25) is 5.28 Å². The molecule has 1 aliphatic heterocycles. The first-order valence-electron chi connectivity index (χ1n) is 5.80. The molecule has 0 amide bonds. The van der Waals surface area contributed by atoms with Crippen LogP contribution < -0.4 is 5.73 Å². The molecule has 4 rings (SSSR count). The summed E-state index contributed by atoms with van der Waals surface area (Å²) in [5.74, 6) is 0.114. The molecule has 3 heterocycles. The van der Waals surface area contributed by atoms with Crippen molar-refractivity contribution in [3.63, 3.8) is 0 Å². The molecule has 0 spiro atoms. The van der Waals surface area contributed by atoms with Crippen molar-refractivity contribution in [2.24, 2.45) is 0 Å². The first kappa shape index (κ1) is 12.2. The van der Waals surface area contributed by atoms with E-state index >= 15 is 0 Å². The predicted octanol–water partition coefficient (Wildman–Crippen LogP) is -0.597. The highest BCUT2D eigenvalue weighted by Gasteiger charge is 2.78. The maximum atomic E-state index is 14.2. The molecule has 2 fully saturated rings. The summed E-state index contributed by atoms with van der Waals surface area (Å²) in [6.07, 6.45) is -3.85. The Morgan fingerprint density at radius 2 is 2.25 bits per heavy atom. The fraction of sp³-hybridized carbons (Fsp3) is 0.500. The molecule has 8 nitrogen and oxygen atoms in total. The largest absolute Gasteiger partial charge is 0.387 e. The maximum Gasteiger partial charge on any atom is 0.226 e. The molecular weight excluding hydrogens is 293 g/mol. The normalized spacial score (nSPS) is 39.2. The van der Waals surface area contributed by atoms with E-state index in [1.54, 1.807) is 0 Å². The van der Waals surface area contributed by atoms with Crippen molar-refractivity contribution in [2.75, 3.05) is 5.73 Å². The number of aliphatic hydroxyl groups is 2. The Hall–Kier alpha value is -1.55. The molecule has 0 aromatic carbocycles. The number of rotatable bonds is 1. The van der Waals surface area contributed by atoms with Crippen molar-refractivity contribution in [3.05, 3.63) is 11.5 Å². The number of nitrogens with two attached hydrogens (primary N) is 1. The summed E-state index contributed by atoms with van der Waals surface area (Å²) < 4.78 is 20.7. The van der Waals surface area contributed by atoms with E-state index < -0.39 is 30.2 Å². The van der Waals surface area contributed by atoms with Crippen LogP contribution in [0.15, 0.2) is 6.20 Å². The molecule has 1 aliphatic carbocycles. The minimum absolute atomic E-state index is 0.103. The topological polar surface area (TPSA) is 119 Å². The van der Waals surface area contributed by atoms with Gasteiger partial charge in [0.25, 0.3) is 0 Å². The SMILES string of the molecule is Nc1nc(Cl)nc2c1cnn2[C@@H]1O[C@@H]2C(O)[C@]2(O)[C@@H]1F. The maximum absolute atomic E-state index is 14.2. The summed E-state index contributed by atoms with van der Waals surface area (Å²) in [4.78, 5) is 7.71. The van der Waals surface area contributed by atoms with Gasteiger partial charge in [0.15, 0.2) is 23.6 Å². The number of hydrogen-bond acceptors (Lipinski definition) is 7. The van der Waals surface area contributed by atoms with Gasteiger partial charge in [-0.05, 0) is 11.6 Å². The molecule has 106 valence electrons. The quantitative estimate of drug-likeness (QED) is 0.602. The lowest BCUT2D eigenvalue weighted by atomic mass is 10.2. The average molecular weight is 302 g/mol. The third-order valence-corrected chi connectivity index (χ3v) is 3.95. The Morgan fingerprint density at radius 3 is 2.90 bits per heavy atom. The number of aliphatic hydroxyl groups excluding tert-OH is 1. The molecule has 1 saturated carbocycles. The van der Waals surface area contributed by atoms with E-state index in [4.69, 9.17) is 22.1 Å². The van der Waals surface area contributed by atoms with Gasteiger partial charge in [-0.1, -0.05) is 0 Å². The van der Waals surface area contributed by atoms with Crippen LogP contribution >= 0.6 is 11.6 Å². The highest BCUT2D eigenvalue weighted by atomic mass is 35.5. The number of anilines is 1. The Bertz CT molecular complexity index is 726. The fourth-order valence-electron chi connectivity index (χ4n) is 2.58. The van der Waals surface area contributed by atoms with Crippen LogP contribution in [-0.4, -0.2) is 53.9 Å². The number of hydrogen-bond donors (Lipinski definition) is 3. The van der Waals surface area contributed by atoms with Crippen LogP contribution in [0, 0.1) is 0 Å². The van der Waals surface area contributed by atoms with E-state index in [1.165, 1.54) is 6.20 Å². The van der Waals surface area contributed by atoms with Crippen molar-refractivity contribution >= 4 is 28.5 Å². The lowest BCUT2D eigenvalue weighted by Crippen LogP contribution is -2.33. The van der Waals surface area contributed by atoms with Gasteiger partial charge in [-0.25, -0.2) is 14.1 Å². The molecule has 2 aliphatic rings. The van der Waals surface area contributed by atoms with Gasteiger partial charge in [0, 0.05) is 0 Å². The number of halogens is 2. The van der Waals surface area contributed by atoms with Crippen molar-refractivity contribution in [3.8, 4) is 0 Å². The fourth-order valence-corrected chi connectivity index (χ4v) is 2.75. The third kappa shape index (κ3) is 1.28. The van der Waals surface area contributed by atoms with Gasteiger partial charge in [-0.3, -0.25) is 0 Å². The lowest BCUT2D eigenvalue weighted by Gasteiger charge is -2.19. The number of alkyl halides is 1. The minimum Gasteiger partial charge on any atom is -0.387 e. The number of nitrogens with zero attached hydrogens (tertiary/aromatic N) is 4. The molecule has 0 radical (unpaired) electrons. The predicted molar refractivity (Wildman–Crippen MR) is 64.5 cm³/mol. The zero-order valence-electron chi connectivity index (χ0n) is 9.81. The standard InChI is InChI=1S/C10H9ClFN5O3/c11-9-15-6(13)2-1-14-17(7(2)16-9)8-3(12)10(19)4(18)5(10)20-8/h1,3-5,8,18-19H,(H2,13,15,16)/t3-,4?,5-,8-,10-/m1/s1. The van der Waals surface area contributed by atoms with Gasteiger partial charge in [-0.2, -0.15) is 10.1 Å². The van der Waals surface area contributed by atoms with E-state index in [0.717, 1.165) is 4.68 Å². The molecule has 2 aromatic rings. The number of aromatic nitrogens is 4. The van der Waals surface area contributed by atoms with Crippen molar-refractivity contribution in [1.29, 1.82) is 0 Å². The zero-order chi connectivity index (χ0) is 14.2. The molecule has 5 atom stereocenters. The van der Waals surface area contributed by atoms with Gasteiger partial charge in [0.05, 0.1) is 11.6 Å². The van der Waals surface area contributed by atoms with Crippen LogP contribution in [0.4, 0.5) is 10.2 Å². The molecule has 2 aromatic heterocycles. The van der Waals surface area contributed by atoms with Gasteiger partial charge < -0.3 is 20.7 Å². The number of fused-ring (bicyclic) bond motifs is 2. The van der Waals surface area contributed by atoms with E-state index in [-0.39, 0.29) is 16.7 Å². The van der Waals surface area contributed by atoms with Gasteiger partial charge in [0.2, 0.25) is 5.28 Å². The summed E-state index contributed by atoms with van der Waals surface area (Å²) in [5.41, 5.74) is 3.99. The van der Waals surface area contributed by atoms with Crippen molar-refractivity contribution in [1.82, 2.24) is 19.7 Å². The van der Waals surface area contributed by atoms with Crippen molar-refractivity contribution in [2.45, 2.75) is 30.2 Å². The van der Waals surface area contributed by atoms with Crippen LogP contribution in [0.1, 0.15) is 6.23 Å². The highest BCUT2D eigenvalue weighted by molar-refractivity contribution is 6.28. The number of nitrogen functional groups attached to an aromatic ring is 1. The zero-order valence-corrected chi connectivity index (χ0v) is 10.6. The summed E-state index contributed by atoms with van der Waals surface area (Å²) in [6, 6.07) is 0. The first-order chi connectivity index (χ1) is 9.44. The monoisotopic (exact) mass is 301 g/mol. The Kier molecular flexibility index (Phi) is 2.17. The first-order valence-corrected chi connectivity index (χ1v) is 6.18. The van der Waals surface area contributed by atoms with E-state index in [0.29, 0.717) is 5.39 Å². The molecule has 10 heteroatoms. The van der Waals surface area contributed by atoms with E-state index in [1.807, 2.05) is 0 Å². The van der Waals surface area contributed by atoms with Crippen LogP contribution in [-0.2, 0) is 4.74 Å². The molecular formula is C10H9ClFN5O3. The molecule has 1 saturated heterocycles. The van der Waals surface area contributed by atoms with Crippen LogP contribution in [0.25, 0.3) is 11.0 Å². The summed E-state index contributed by atoms with van der Waals surface area (Å²) in [5, 5.41) is 23.5. The van der Waals surface area contributed by atoms with Gasteiger partial charge in [0.1, 0.15) is 18.0 Å². The summed E-state index contributed by atoms with van der Waals surface area (Å²) >= 11 is 5.72. The highest BCUT2D eigenvalue weighted by Crippen LogP contribution is 2.55. The third-order valence-electron chi connectivity index (χ3n) is 3.78. The second-order valence-electron chi connectivity index (χ2n) is 4.89.